The molecule has 2 unspecified atom stereocenters. The van der Waals surface area contributed by atoms with E-state index in [1.165, 1.54) is 4.90 Å². The molecule has 6 atom stereocenters. The molecule has 0 radical (unpaired) electrons. The van der Waals surface area contributed by atoms with Gasteiger partial charge in [0, 0.05) is 26.7 Å². The molecule has 3 aliphatic rings. The normalized spacial score (nSPS) is 32.4. The monoisotopic (exact) mass is 475 g/mol. The number of rotatable bonds is 12. The van der Waals surface area contributed by atoms with Crippen LogP contribution in [0.3, 0.4) is 0 Å². The summed E-state index contributed by atoms with van der Waals surface area (Å²) >= 11 is 0. The topological polar surface area (TPSA) is 90.4 Å². The van der Waals surface area contributed by atoms with Crippen molar-refractivity contribution in [3.8, 4) is 0 Å². The smallest absolute Gasteiger partial charge is 0.248 e. The van der Waals surface area contributed by atoms with Crippen LogP contribution in [0.2, 0.25) is 0 Å². The SMILES string of the molecule is C=CCN(C)C(=O)[C@H]1[C@H]2C(=O)N([C@H](C)CO)C(C(=O)N(CC=C)CCCC)C23CC[C@]1(CC)O3. The number of carbonyl (C=O) groups excluding carboxylic acids is 3. The van der Waals surface area contributed by atoms with Gasteiger partial charge < -0.3 is 24.5 Å². The average molecular weight is 476 g/mol. The summed E-state index contributed by atoms with van der Waals surface area (Å²) in [6.07, 6.45) is 6.84. The maximum atomic E-state index is 14.1. The number of amides is 3. The van der Waals surface area contributed by atoms with Gasteiger partial charge in [0.1, 0.15) is 11.6 Å². The molecule has 3 aliphatic heterocycles. The standard InChI is InChI=1S/C26H41N3O5/c1-7-11-16-28(15-9-3)24(33)21-26-13-12-25(10-4,34-26)19(22(31)27(6)14-8-2)20(26)23(32)29(21)18(5)17-30/h8-9,18-21,30H,2-3,7,10-17H2,1,4-6H3/t18-,19-,20+,21?,25+,26?/m1/s1. The molecule has 0 aromatic heterocycles. The lowest BCUT2D eigenvalue weighted by molar-refractivity contribution is -0.157. The summed E-state index contributed by atoms with van der Waals surface area (Å²) in [5.41, 5.74) is -1.85. The van der Waals surface area contributed by atoms with Crippen LogP contribution in [-0.2, 0) is 19.1 Å². The van der Waals surface area contributed by atoms with E-state index in [-0.39, 0.29) is 24.3 Å². The van der Waals surface area contributed by atoms with Crippen molar-refractivity contribution in [3.05, 3.63) is 25.3 Å². The van der Waals surface area contributed by atoms with Crippen LogP contribution >= 0.6 is 0 Å². The third-order valence-electron chi connectivity index (χ3n) is 8.08. The highest BCUT2D eigenvalue weighted by Crippen LogP contribution is 2.64. The van der Waals surface area contributed by atoms with Crippen LogP contribution in [0.5, 0.6) is 0 Å². The van der Waals surface area contributed by atoms with E-state index < -0.39 is 35.1 Å². The molecule has 0 aromatic rings. The Balaban J connectivity index is 2.11. The highest BCUT2D eigenvalue weighted by Gasteiger charge is 2.79. The first-order valence-electron chi connectivity index (χ1n) is 12.6. The Hall–Kier alpha value is -2.19. The molecule has 0 aromatic carbocycles. The van der Waals surface area contributed by atoms with Gasteiger partial charge in [-0.25, -0.2) is 0 Å². The molecule has 8 heteroatoms. The van der Waals surface area contributed by atoms with Gasteiger partial charge in [0.05, 0.1) is 30.1 Å². The number of carbonyl (C=O) groups is 3. The van der Waals surface area contributed by atoms with Gasteiger partial charge in [-0.15, -0.1) is 13.2 Å². The van der Waals surface area contributed by atoms with E-state index in [1.807, 2.05) is 6.92 Å². The van der Waals surface area contributed by atoms with Crippen LogP contribution in [0.4, 0.5) is 0 Å². The molecule has 34 heavy (non-hydrogen) atoms. The van der Waals surface area contributed by atoms with Crippen molar-refractivity contribution < 1.29 is 24.2 Å². The summed E-state index contributed by atoms with van der Waals surface area (Å²) in [4.78, 5) is 46.5. The molecule has 3 fully saturated rings. The summed E-state index contributed by atoms with van der Waals surface area (Å²) in [5, 5.41) is 9.99. The average Bonchev–Trinajstić information content (AvgIpc) is 3.44. The van der Waals surface area contributed by atoms with Gasteiger partial charge in [0.2, 0.25) is 17.7 Å². The van der Waals surface area contributed by atoms with E-state index in [0.717, 1.165) is 12.8 Å². The molecule has 1 N–H and O–H groups in total. The minimum Gasteiger partial charge on any atom is -0.394 e. The lowest BCUT2D eigenvalue weighted by Crippen LogP contribution is -2.58. The highest BCUT2D eigenvalue weighted by molar-refractivity contribution is 5.99. The third-order valence-corrected chi connectivity index (χ3v) is 8.08. The summed E-state index contributed by atoms with van der Waals surface area (Å²) in [5.74, 6) is -2.03. The van der Waals surface area contributed by atoms with Crippen molar-refractivity contribution in [2.24, 2.45) is 11.8 Å². The number of unbranched alkanes of at least 4 members (excludes halogenated alkanes) is 1. The maximum Gasteiger partial charge on any atom is 0.248 e. The van der Waals surface area contributed by atoms with Crippen molar-refractivity contribution >= 4 is 17.7 Å². The van der Waals surface area contributed by atoms with E-state index >= 15 is 0 Å². The van der Waals surface area contributed by atoms with Gasteiger partial charge in [0.15, 0.2) is 0 Å². The molecule has 8 nitrogen and oxygen atoms in total. The van der Waals surface area contributed by atoms with E-state index in [9.17, 15) is 19.5 Å². The minimum absolute atomic E-state index is 0.152. The Bertz CT molecular complexity index is 831. The number of aliphatic hydroxyl groups excluding tert-OH is 1. The molecular weight excluding hydrogens is 434 g/mol. The zero-order valence-electron chi connectivity index (χ0n) is 21.2. The fourth-order valence-electron chi connectivity index (χ4n) is 6.36. The molecule has 0 saturated carbocycles. The number of likely N-dealkylation sites (N-methyl/N-ethyl adjacent to an activating group) is 1. The van der Waals surface area contributed by atoms with Crippen LogP contribution in [-0.4, -0.2) is 94.1 Å². The van der Waals surface area contributed by atoms with E-state index in [0.29, 0.717) is 38.9 Å². The number of fused-ring (bicyclic) bond motifs is 1. The zero-order valence-corrected chi connectivity index (χ0v) is 21.2. The Labute approximate surface area is 203 Å². The number of nitrogens with zero attached hydrogens (tertiary/aromatic N) is 3. The fourth-order valence-corrected chi connectivity index (χ4v) is 6.36. The van der Waals surface area contributed by atoms with Crippen molar-refractivity contribution in [1.82, 2.24) is 14.7 Å². The van der Waals surface area contributed by atoms with Crippen molar-refractivity contribution in [2.75, 3.05) is 33.3 Å². The van der Waals surface area contributed by atoms with Crippen LogP contribution < -0.4 is 0 Å². The van der Waals surface area contributed by atoms with E-state index in [1.54, 1.807) is 35.9 Å². The molecule has 0 aliphatic carbocycles. The van der Waals surface area contributed by atoms with Gasteiger partial charge in [-0.3, -0.25) is 14.4 Å². The second-order valence-corrected chi connectivity index (χ2v) is 10.0. The molecular formula is C26H41N3O5. The molecule has 3 saturated heterocycles. The van der Waals surface area contributed by atoms with Gasteiger partial charge in [-0.2, -0.15) is 0 Å². The Morgan fingerprint density at radius 2 is 1.91 bits per heavy atom. The minimum atomic E-state index is -1.07. The number of aliphatic hydroxyl groups is 1. The van der Waals surface area contributed by atoms with Crippen LogP contribution in [0, 0.1) is 11.8 Å². The first kappa shape index (κ1) is 26.4. The number of hydrogen-bond donors (Lipinski definition) is 1. The summed E-state index contributed by atoms with van der Waals surface area (Å²) < 4.78 is 6.75. The zero-order chi connectivity index (χ0) is 25.3. The van der Waals surface area contributed by atoms with Gasteiger partial charge >= 0.3 is 0 Å². The molecule has 1 spiro atoms. The molecule has 3 amide bonds. The number of hydrogen-bond acceptors (Lipinski definition) is 5. The fraction of sp³-hybridized carbons (Fsp3) is 0.731. The number of ether oxygens (including phenoxy) is 1. The molecule has 2 bridgehead atoms. The Morgan fingerprint density at radius 1 is 1.24 bits per heavy atom. The second kappa shape index (κ2) is 10.2. The van der Waals surface area contributed by atoms with E-state index in [2.05, 4.69) is 20.1 Å². The summed E-state index contributed by atoms with van der Waals surface area (Å²) in [6.45, 7) is 14.3. The van der Waals surface area contributed by atoms with Gasteiger partial charge in [-0.1, -0.05) is 32.4 Å². The first-order chi connectivity index (χ1) is 16.2. The lowest BCUT2D eigenvalue weighted by atomic mass is 9.64. The van der Waals surface area contributed by atoms with Gasteiger partial charge in [-0.05, 0) is 32.6 Å². The van der Waals surface area contributed by atoms with Crippen molar-refractivity contribution in [2.45, 2.75) is 76.2 Å². The van der Waals surface area contributed by atoms with Crippen molar-refractivity contribution in [3.63, 3.8) is 0 Å². The molecule has 3 rings (SSSR count). The van der Waals surface area contributed by atoms with E-state index in [4.69, 9.17) is 4.74 Å². The van der Waals surface area contributed by atoms with Crippen LogP contribution in [0.1, 0.15) is 52.9 Å². The maximum absolute atomic E-state index is 14.1. The van der Waals surface area contributed by atoms with Crippen molar-refractivity contribution in [1.29, 1.82) is 0 Å². The number of likely N-dealkylation sites (tertiary alicyclic amines) is 1. The Kier molecular flexibility index (Phi) is 7.92. The summed E-state index contributed by atoms with van der Waals surface area (Å²) in [6, 6.07) is -1.44. The van der Waals surface area contributed by atoms with Gasteiger partial charge in [0.25, 0.3) is 0 Å². The quantitative estimate of drug-likeness (QED) is 0.436. The first-order valence-corrected chi connectivity index (χ1v) is 12.6. The molecule has 3 heterocycles. The third kappa shape index (κ3) is 3.88. The predicted molar refractivity (Wildman–Crippen MR) is 130 cm³/mol. The molecule has 190 valence electrons. The Morgan fingerprint density at radius 3 is 2.47 bits per heavy atom. The summed E-state index contributed by atoms with van der Waals surface area (Å²) in [7, 11) is 1.71. The second-order valence-electron chi connectivity index (χ2n) is 10.0. The van der Waals surface area contributed by atoms with Crippen LogP contribution in [0.15, 0.2) is 25.3 Å². The largest absolute Gasteiger partial charge is 0.394 e. The predicted octanol–water partition coefficient (Wildman–Crippen LogP) is 1.98. The highest BCUT2D eigenvalue weighted by atomic mass is 16.5. The van der Waals surface area contributed by atoms with Crippen LogP contribution in [0.25, 0.3) is 0 Å². The lowest BCUT2D eigenvalue weighted by Gasteiger charge is -2.38.